The quantitative estimate of drug-likeness (QED) is 0.889. The first-order valence-electron chi connectivity index (χ1n) is 6.82. The van der Waals surface area contributed by atoms with Gasteiger partial charge in [-0.2, -0.15) is 0 Å². The number of rotatable bonds is 4. The molecule has 0 saturated carbocycles. The molecule has 0 aliphatic carbocycles. The van der Waals surface area contributed by atoms with Crippen molar-refractivity contribution < 1.29 is 4.74 Å². The molecular formula is C15H24N2O. The van der Waals surface area contributed by atoms with E-state index in [1.165, 1.54) is 19.4 Å². The van der Waals surface area contributed by atoms with Gasteiger partial charge >= 0.3 is 0 Å². The third-order valence-corrected chi connectivity index (χ3v) is 3.59. The second-order valence-electron chi connectivity index (χ2n) is 5.44. The van der Waals surface area contributed by atoms with Crippen molar-refractivity contribution in [2.75, 3.05) is 26.7 Å². The van der Waals surface area contributed by atoms with Crippen molar-refractivity contribution in [1.29, 1.82) is 0 Å². The number of nitrogens with zero attached hydrogens (tertiary/aromatic N) is 1. The maximum atomic E-state index is 5.90. The molecular weight excluding hydrogens is 224 g/mol. The van der Waals surface area contributed by atoms with Gasteiger partial charge in [0, 0.05) is 18.5 Å². The number of hydrogen-bond acceptors (Lipinski definition) is 3. The van der Waals surface area contributed by atoms with E-state index in [2.05, 4.69) is 18.0 Å². The van der Waals surface area contributed by atoms with E-state index in [4.69, 9.17) is 10.5 Å². The fourth-order valence-electron chi connectivity index (χ4n) is 2.51. The second-order valence-corrected chi connectivity index (χ2v) is 5.44. The van der Waals surface area contributed by atoms with Gasteiger partial charge in [0.15, 0.2) is 0 Å². The zero-order valence-corrected chi connectivity index (χ0v) is 11.4. The van der Waals surface area contributed by atoms with Gasteiger partial charge in [0.25, 0.3) is 0 Å². The minimum atomic E-state index is 0.0642. The molecule has 0 radical (unpaired) electrons. The average Bonchev–Trinajstić information content (AvgIpc) is 2.37. The SMILES string of the molecule is CC(N)c1cccc(OCC2CCCN(C)C2)c1. The molecule has 3 heteroatoms. The van der Waals surface area contributed by atoms with Gasteiger partial charge in [0.1, 0.15) is 5.75 Å². The molecule has 1 aliphatic rings. The van der Waals surface area contributed by atoms with Crippen LogP contribution in [0.2, 0.25) is 0 Å². The van der Waals surface area contributed by atoms with Gasteiger partial charge in [0.2, 0.25) is 0 Å². The summed E-state index contributed by atoms with van der Waals surface area (Å²) < 4.78 is 5.90. The van der Waals surface area contributed by atoms with Crippen molar-refractivity contribution in [3.05, 3.63) is 29.8 Å². The number of benzene rings is 1. The number of ether oxygens (including phenoxy) is 1. The van der Waals surface area contributed by atoms with Crippen LogP contribution in [-0.2, 0) is 0 Å². The van der Waals surface area contributed by atoms with Gasteiger partial charge in [-0.3, -0.25) is 0 Å². The fourth-order valence-corrected chi connectivity index (χ4v) is 2.51. The summed E-state index contributed by atoms with van der Waals surface area (Å²) in [5.74, 6) is 1.60. The van der Waals surface area contributed by atoms with Crippen LogP contribution >= 0.6 is 0 Å². The summed E-state index contributed by atoms with van der Waals surface area (Å²) in [5.41, 5.74) is 7.01. The van der Waals surface area contributed by atoms with Crippen LogP contribution in [0.5, 0.6) is 5.75 Å². The van der Waals surface area contributed by atoms with E-state index in [0.717, 1.165) is 24.5 Å². The fraction of sp³-hybridized carbons (Fsp3) is 0.600. The molecule has 3 nitrogen and oxygen atoms in total. The van der Waals surface area contributed by atoms with E-state index in [0.29, 0.717) is 5.92 Å². The molecule has 100 valence electrons. The highest BCUT2D eigenvalue weighted by Crippen LogP contribution is 2.20. The zero-order valence-electron chi connectivity index (χ0n) is 11.4. The first kappa shape index (κ1) is 13.4. The number of likely N-dealkylation sites (tertiary alicyclic amines) is 1. The zero-order chi connectivity index (χ0) is 13.0. The van der Waals surface area contributed by atoms with Crippen LogP contribution < -0.4 is 10.5 Å². The summed E-state index contributed by atoms with van der Waals surface area (Å²) in [6, 6.07) is 8.19. The molecule has 1 saturated heterocycles. The Hall–Kier alpha value is -1.06. The molecule has 1 aromatic rings. The van der Waals surface area contributed by atoms with Crippen molar-refractivity contribution >= 4 is 0 Å². The molecule has 1 fully saturated rings. The Morgan fingerprint density at radius 2 is 2.33 bits per heavy atom. The first-order valence-corrected chi connectivity index (χ1v) is 6.82. The van der Waals surface area contributed by atoms with Gasteiger partial charge < -0.3 is 15.4 Å². The van der Waals surface area contributed by atoms with Crippen LogP contribution in [0.3, 0.4) is 0 Å². The van der Waals surface area contributed by atoms with E-state index in [-0.39, 0.29) is 6.04 Å². The largest absolute Gasteiger partial charge is 0.493 e. The van der Waals surface area contributed by atoms with E-state index in [1.54, 1.807) is 0 Å². The average molecular weight is 248 g/mol. The van der Waals surface area contributed by atoms with Gasteiger partial charge in [-0.1, -0.05) is 12.1 Å². The normalized spacial score (nSPS) is 22.7. The molecule has 2 N–H and O–H groups in total. The maximum absolute atomic E-state index is 5.90. The highest BCUT2D eigenvalue weighted by atomic mass is 16.5. The second kappa shape index (κ2) is 6.21. The predicted octanol–water partition coefficient (Wildman–Crippen LogP) is 2.43. The van der Waals surface area contributed by atoms with E-state index < -0.39 is 0 Å². The molecule has 18 heavy (non-hydrogen) atoms. The lowest BCUT2D eigenvalue weighted by atomic mass is 9.99. The molecule has 2 unspecified atom stereocenters. The number of hydrogen-bond donors (Lipinski definition) is 1. The topological polar surface area (TPSA) is 38.5 Å². The van der Waals surface area contributed by atoms with Crippen molar-refractivity contribution in [1.82, 2.24) is 4.90 Å². The Bertz CT molecular complexity index is 379. The van der Waals surface area contributed by atoms with Crippen molar-refractivity contribution in [2.45, 2.75) is 25.8 Å². The molecule has 1 aliphatic heterocycles. The molecule has 1 aromatic carbocycles. The van der Waals surface area contributed by atoms with Crippen molar-refractivity contribution in [3.63, 3.8) is 0 Å². The number of piperidine rings is 1. The van der Waals surface area contributed by atoms with Crippen LogP contribution in [-0.4, -0.2) is 31.6 Å². The summed E-state index contributed by atoms with van der Waals surface area (Å²) in [4.78, 5) is 2.38. The van der Waals surface area contributed by atoms with E-state index in [9.17, 15) is 0 Å². The van der Waals surface area contributed by atoms with Gasteiger partial charge in [-0.25, -0.2) is 0 Å². The van der Waals surface area contributed by atoms with Crippen molar-refractivity contribution in [2.24, 2.45) is 11.7 Å². The van der Waals surface area contributed by atoms with Crippen LogP contribution in [0, 0.1) is 5.92 Å². The lowest BCUT2D eigenvalue weighted by Crippen LogP contribution is -2.34. The monoisotopic (exact) mass is 248 g/mol. The summed E-state index contributed by atoms with van der Waals surface area (Å²) >= 11 is 0. The Kier molecular flexibility index (Phi) is 4.61. The predicted molar refractivity (Wildman–Crippen MR) is 74.8 cm³/mol. The van der Waals surface area contributed by atoms with Gasteiger partial charge in [-0.15, -0.1) is 0 Å². The molecule has 0 aromatic heterocycles. The van der Waals surface area contributed by atoms with Crippen molar-refractivity contribution in [3.8, 4) is 5.75 Å². The van der Waals surface area contributed by atoms with E-state index >= 15 is 0 Å². The molecule has 1 heterocycles. The summed E-state index contributed by atoms with van der Waals surface area (Å²) in [7, 11) is 2.18. The standard InChI is InChI=1S/C15H24N2O/c1-12(16)14-6-3-7-15(9-14)18-11-13-5-4-8-17(2)10-13/h3,6-7,9,12-13H,4-5,8,10-11,16H2,1-2H3. The molecule has 0 spiro atoms. The first-order chi connectivity index (χ1) is 8.65. The smallest absolute Gasteiger partial charge is 0.119 e. The highest BCUT2D eigenvalue weighted by molar-refractivity contribution is 5.30. The summed E-state index contributed by atoms with van der Waals surface area (Å²) in [5, 5.41) is 0. The highest BCUT2D eigenvalue weighted by Gasteiger charge is 2.17. The molecule has 2 atom stereocenters. The molecule has 0 amide bonds. The third-order valence-electron chi connectivity index (χ3n) is 3.59. The van der Waals surface area contributed by atoms with Gasteiger partial charge in [-0.05, 0) is 51.1 Å². The van der Waals surface area contributed by atoms with Crippen LogP contribution in [0.4, 0.5) is 0 Å². The Balaban J connectivity index is 1.87. The Labute approximate surface area is 110 Å². The van der Waals surface area contributed by atoms with Crippen LogP contribution in [0.1, 0.15) is 31.4 Å². The van der Waals surface area contributed by atoms with E-state index in [1.807, 2.05) is 25.1 Å². The summed E-state index contributed by atoms with van der Waals surface area (Å²) in [6.45, 7) is 5.17. The lowest BCUT2D eigenvalue weighted by molar-refractivity contribution is 0.150. The maximum Gasteiger partial charge on any atom is 0.119 e. The summed E-state index contributed by atoms with van der Waals surface area (Å²) in [6.07, 6.45) is 2.56. The van der Waals surface area contributed by atoms with Crippen LogP contribution in [0.25, 0.3) is 0 Å². The number of nitrogens with two attached hydrogens (primary N) is 1. The Morgan fingerprint density at radius 3 is 3.06 bits per heavy atom. The van der Waals surface area contributed by atoms with Crippen LogP contribution in [0.15, 0.2) is 24.3 Å². The Morgan fingerprint density at radius 1 is 1.50 bits per heavy atom. The third kappa shape index (κ3) is 3.72. The molecule has 0 bridgehead atoms. The molecule has 2 rings (SSSR count). The minimum Gasteiger partial charge on any atom is -0.493 e. The lowest BCUT2D eigenvalue weighted by Gasteiger charge is -2.29. The van der Waals surface area contributed by atoms with Gasteiger partial charge in [0.05, 0.1) is 6.61 Å². The minimum absolute atomic E-state index is 0.0642.